The molecule has 0 bridgehead atoms. The lowest BCUT2D eigenvalue weighted by Crippen LogP contribution is -2.48. The first kappa shape index (κ1) is 22.6. The molecule has 1 fully saturated rings. The molecular weight excluding hydrogens is 467 g/mol. The van der Waals surface area contributed by atoms with Crippen LogP contribution in [0.15, 0.2) is 47.4 Å². The Bertz CT molecular complexity index is 1190. The number of benzene rings is 2. The molecule has 0 saturated carbocycles. The molecule has 2 heterocycles. The van der Waals surface area contributed by atoms with Crippen LogP contribution in [-0.2, 0) is 25.3 Å². The molecule has 0 aliphatic carbocycles. The molecule has 2 aliphatic heterocycles. The van der Waals surface area contributed by atoms with Crippen LogP contribution in [0.5, 0.6) is 0 Å². The van der Waals surface area contributed by atoms with Gasteiger partial charge in [0.05, 0.1) is 16.2 Å². The molecule has 13 heteroatoms. The first-order valence-electron chi connectivity index (χ1n) is 9.47. The van der Waals surface area contributed by atoms with Gasteiger partial charge in [-0.25, -0.2) is 4.79 Å². The molecule has 2 aromatic carbocycles. The lowest BCUT2D eigenvalue weighted by atomic mass is 10.1. The Labute approximate surface area is 188 Å². The molecule has 33 heavy (non-hydrogen) atoms. The van der Waals surface area contributed by atoms with Gasteiger partial charge in [-0.05, 0) is 24.3 Å². The van der Waals surface area contributed by atoms with Crippen LogP contribution < -0.4 is 10.2 Å². The predicted molar refractivity (Wildman–Crippen MR) is 109 cm³/mol. The number of nitrogens with zero attached hydrogens (tertiary/aromatic N) is 2. The summed E-state index contributed by atoms with van der Waals surface area (Å²) in [6, 6.07) is 8.55. The van der Waals surface area contributed by atoms with Gasteiger partial charge in [0.1, 0.15) is 5.69 Å². The number of carbonyl (C=O) groups excluding carboxylic acids is 3. The van der Waals surface area contributed by atoms with Crippen molar-refractivity contribution in [3.8, 4) is 0 Å². The summed E-state index contributed by atoms with van der Waals surface area (Å²) in [4.78, 5) is 48.3. The summed E-state index contributed by atoms with van der Waals surface area (Å²) in [5.41, 5.74) is -2.13. The minimum Gasteiger partial charge on any atom is -0.453 e. The maximum atomic E-state index is 12.9. The number of nitro groups is 1. The number of rotatable bonds is 5. The van der Waals surface area contributed by atoms with Gasteiger partial charge in [-0.2, -0.15) is 13.2 Å². The Morgan fingerprint density at radius 3 is 2.67 bits per heavy atom. The van der Waals surface area contributed by atoms with E-state index in [0.717, 1.165) is 17.8 Å². The minimum absolute atomic E-state index is 0.111. The van der Waals surface area contributed by atoms with Crippen LogP contribution in [0, 0.1) is 10.1 Å². The van der Waals surface area contributed by atoms with Gasteiger partial charge in [-0.3, -0.25) is 24.6 Å². The van der Waals surface area contributed by atoms with E-state index in [2.05, 4.69) is 5.32 Å². The quantitative estimate of drug-likeness (QED) is 0.393. The number of hydrogen-bond acceptors (Lipinski definition) is 7. The molecule has 2 amide bonds. The highest BCUT2D eigenvalue weighted by Gasteiger charge is 2.58. The average molecular weight is 481 g/mol. The number of thioether (sulfide) groups is 1. The molecule has 1 N–H and O–H groups in total. The SMILES string of the molecule is O=C(COC(=O)C12CCC(=O)N1c1ccccc1S2)Nc1ccc(C(F)(F)F)cc1[N+](=O)[O-]. The van der Waals surface area contributed by atoms with Gasteiger partial charge in [0.15, 0.2) is 11.5 Å². The lowest BCUT2D eigenvalue weighted by Gasteiger charge is -2.28. The first-order valence-corrected chi connectivity index (χ1v) is 10.3. The number of amides is 2. The van der Waals surface area contributed by atoms with Gasteiger partial charge in [0.2, 0.25) is 5.91 Å². The maximum Gasteiger partial charge on any atom is 0.416 e. The van der Waals surface area contributed by atoms with E-state index in [0.29, 0.717) is 22.7 Å². The smallest absolute Gasteiger partial charge is 0.416 e. The van der Waals surface area contributed by atoms with Gasteiger partial charge in [-0.15, -0.1) is 0 Å². The fraction of sp³-hybridized carbons (Fsp3) is 0.250. The fourth-order valence-electron chi connectivity index (χ4n) is 3.67. The Balaban J connectivity index is 1.46. The van der Waals surface area contributed by atoms with E-state index in [-0.39, 0.29) is 18.7 Å². The molecule has 0 aromatic heterocycles. The number of anilines is 2. The zero-order valence-electron chi connectivity index (χ0n) is 16.5. The number of nitrogens with one attached hydrogen (secondary N) is 1. The van der Waals surface area contributed by atoms with Crippen molar-refractivity contribution >= 4 is 46.6 Å². The van der Waals surface area contributed by atoms with Crippen molar-refractivity contribution in [2.45, 2.75) is 28.8 Å². The van der Waals surface area contributed by atoms with Gasteiger partial charge < -0.3 is 10.1 Å². The van der Waals surface area contributed by atoms with E-state index in [1.54, 1.807) is 24.3 Å². The molecule has 4 rings (SSSR count). The molecule has 0 radical (unpaired) electrons. The summed E-state index contributed by atoms with van der Waals surface area (Å²) in [5, 5.41) is 13.2. The summed E-state index contributed by atoms with van der Waals surface area (Å²) < 4.78 is 43.6. The van der Waals surface area contributed by atoms with Crippen molar-refractivity contribution in [3.63, 3.8) is 0 Å². The summed E-state index contributed by atoms with van der Waals surface area (Å²) in [7, 11) is 0. The van der Waals surface area contributed by atoms with Gasteiger partial charge in [0.25, 0.3) is 11.6 Å². The van der Waals surface area contributed by atoms with Crippen molar-refractivity contribution in [3.05, 3.63) is 58.1 Å². The summed E-state index contributed by atoms with van der Waals surface area (Å²) in [5.74, 6) is -2.10. The van der Waals surface area contributed by atoms with Crippen LogP contribution in [0.3, 0.4) is 0 Å². The van der Waals surface area contributed by atoms with E-state index in [1.807, 2.05) is 0 Å². The van der Waals surface area contributed by atoms with Crippen LogP contribution in [-0.4, -0.2) is 34.2 Å². The van der Waals surface area contributed by atoms with Crippen LogP contribution in [0.25, 0.3) is 0 Å². The van der Waals surface area contributed by atoms with Gasteiger partial charge in [0, 0.05) is 23.8 Å². The highest BCUT2D eigenvalue weighted by Crippen LogP contribution is 2.56. The van der Waals surface area contributed by atoms with Crippen LogP contribution in [0.2, 0.25) is 0 Å². The number of fused-ring (bicyclic) bond motifs is 3. The molecule has 0 spiro atoms. The third kappa shape index (κ3) is 3.99. The number of hydrogen-bond donors (Lipinski definition) is 1. The number of alkyl halides is 3. The van der Waals surface area contributed by atoms with E-state index in [1.165, 1.54) is 4.90 Å². The monoisotopic (exact) mass is 481 g/mol. The van der Waals surface area contributed by atoms with Gasteiger partial charge >= 0.3 is 12.1 Å². The maximum absolute atomic E-state index is 12.9. The standard InChI is InChI=1S/C20H14F3N3O6S/c21-20(22,23)11-5-6-12(14(9-11)26(30)31)24-16(27)10-32-18(29)19-8-7-17(28)25(19)13-3-1-2-4-15(13)33-19/h1-6,9H,7-8,10H2,(H,24,27). The molecule has 1 unspecified atom stereocenters. The second kappa shape index (κ2) is 8.06. The Hall–Kier alpha value is -3.61. The number of halogens is 3. The Morgan fingerprint density at radius 2 is 1.97 bits per heavy atom. The molecule has 9 nitrogen and oxygen atoms in total. The Kier molecular flexibility index (Phi) is 5.52. The number of esters is 1. The first-order chi connectivity index (χ1) is 15.5. The van der Waals surface area contributed by atoms with Crippen molar-refractivity contribution in [2.75, 3.05) is 16.8 Å². The van der Waals surface area contributed by atoms with E-state index in [9.17, 15) is 37.7 Å². The Morgan fingerprint density at radius 1 is 1.24 bits per heavy atom. The van der Waals surface area contributed by atoms with E-state index < -0.39 is 51.4 Å². The van der Waals surface area contributed by atoms with Crippen LogP contribution in [0.4, 0.5) is 30.2 Å². The zero-order chi connectivity index (χ0) is 24.0. The second-order valence-electron chi connectivity index (χ2n) is 7.19. The summed E-state index contributed by atoms with van der Waals surface area (Å²) in [6.07, 6.45) is -4.53. The number of carbonyl (C=O) groups is 3. The van der Waals surface area contributed by atoms with Crippen molar-refractivity contribution in [1.82, 2.24) is 0 Å². The van der Waals surface area contributed by atoms with Crippen LogP contribution in [0.1, 0.15) is 18.4 Å². The number of para-hydroxylation sites is 1. The highest BCUT2D eigenvalue weighted by atomic mass is 32.2. The predicted octanol–water partition coefficient (Wildman–Crippen LogP) is 3.72. The molecule has 1 saturated heterocycles. The third-order valence-electron chi connectivity index (χ3n) is 5.12. The van der Waals surface area contributed by atoms with Gasteiger partial charge in [-0.1, -0.05) is 23.9 Å². The average Bonchev–Trinajstić information content (AvgIpc) is 3.27. The lowest BCUT2D eigenvalue weighted by molar-refractivity contribution is -0.384. The van der Waals surface area contributed by atoms with Crippen molar-refractivity contribution in [1.29, 1.82) is 0 Å². The largest absolute Gasteiger partial charge is 0.453 e. The normalized spacial score (nSPS) is 19.1. The molecule has 2 aromatic rings. The molecular formula is C20H14F3N3O6S. The van der Waals surface area contributed by atoms with E-state index >= 15 is 0 Å². The van der Waals surface area contributed by atoms with Crippen LogP contribution >= 0.6 is 11.8 Å². The molecule has 2 aliphatic rings. The highest BCUT2D eigenvalue weighted by molar-refractivity contribution is 8.02. The summed E-state index contributed by atoms with van der Waals surface area (Å²) in [6.45, 7) is -0.850. The third-order valence-corrected chi connectivity index (χ3v) is 6.58. The number of ether oxygens (including phenoxy) is 1. The molecule has 1 atom stereocenters. The fourth-order valence-corrected chi connectivity index (χ4v) is 5.08. The molecule has 172 valence electrons. The summed E-state index contributed by atoms with van der Waals surface area (Å²) >= 11 is 1.13. The second-order valence-corrected chi connectivity index (χ2v) is 8.51. The van der Waals surface area contributed by atoms with E-state index in [4.69, 9.17) is 4.74 Å². The minimum atomic E-state index is -4.80. The van der Waals surface area contributed by atoms with Crippen molar-refractivity contribution in [2.24, 2.45) is 0 Å². The van der Waals surface area contributed by atoms with Crippen molar-refractivity contribution < 1.29 is 37.2 Å². The zero-order valence-corrected chi connectivity index (χ0v) is 17.4. The number of nitro benzene ring substituents is 1. The topological polar surface area (TPSA) is 119 Å².